The first-order chi connectivity index (χ1) is 12.1. The van der Waals surface area contributed by atoms with E-state index >= 15 is 0 Å². The van der Waals surface area contributed by atoms with E-state index in [0.717, 1.165) is 5.01 Å². The lowest BCUT2D eigenvalue weighted by Gasteiger charge is -2.07. The summed E-state index contributed by atoms with van der Waals surface area (Å²) in [5.41, 5.74) is 0.931. The third-order valence-corrected chi connectivity index (χ3v) is 4.14. The maximum absolute atomic E-state index is 13.0. The number of thiazole rings is 1. The van der Waals surface area contributed by atoms with Gasteiger partial charge in [0.2, 0.25) is 11.7 Å². The van der Waals surface area contributed by atoms with Crippen LogP contribution in [0.4, 0.5) is 4.39 Å². The van der Waals surface area contributed by atoms with Gasteiger partial charge in [-0.15, -0.1) is 11.3 Å². The molecule has 1 unspecified atom stereocenters. The highest BCUT2D eigenvalue weighted by Crippen LogP contribution is 2.19. The zero-order valence-corrected chi connectivity index (χ0v) is 14.3. The smallest absolute Gasteiger partial charge is 0.271 e. The van der Waals surface area contributed by atoms with E-state index in [-0.39, 0.29) is 17.6 Å². The predicted octanol–water partition coefficient (Wildman–Crippen LogP) is 2.97. The second-order valence-electron chi connectivity index (χ2n) is 5.22. The fraction of sp³-hybridized carbons (Fsp3) is 0.250. The van der Waals surface area contributed by atoms with Gasteiger partial charge in [-0.05, 0) is 31.2 Å². The number of rotatable bonds is 6. The first-order valence-electron chi connectivity index (χ1n) is 7.40. The van der Waals surface area contributed by atoms with Crippen LogP contribution in [0.15, 0.2) is 34.2 Å². The quantitative estimate of drug-likeness (QED) is 0.725. The second kappa shape index (κ2) is 7.49. The lowest BCUT2D eigenvalue weighted by atomic mass is 10.2. The summed E-state index contributed by atoms with van der Waals surface area (Å²) in [5.74, 6) is -0.107. The summed E-state index contributed by atoms with van der Waals surface area (Å²) < 4.78 is 23.1. The lowest BCUT2D eigenvalue weighted by Crippen LogP contribution is -2.27. The van der Waals surface area contributed by atoms with Crippen molar-refractivity contribution in [3.05, 3.63) is 52.1 Å². The zero-order valence-electron chi connectivity index (χ0n) is 13.5. The Morgan fingerprint density at radius 3 is 2.84 bits per heavy atom. The van der Waals surface area contributed by atoms with Gasteiger partial charge in [0.1, 0.15) is 22.6 Å². The highest BCUT2D eigenvalue weighted by Gasteiger charge is 2.19. The standard InChI is InChI=1S/C16H15FN4O3S/c1-9(18-15(22)12-8-25-13(19-12)7-23-2)16-20-14(21-24-16)10-3-5-11(17)6-4-10/h3-6,8-9H,7H2,1-2H3,(H,18,22). The van der Waals surface area contributed by atoms with E-state index in [9.17, 15) is 9.18 Å². The number of hydrogen-bond acceptors (Lipinski definition) is 7. The summed E-state index contributed by atoms with van der Waals surface area (Å²) in [6.45, 7) is 2.08. The molecule has 0 fully saturated rings. The lowest BCUT2D eigenvalue weighted by molar-refractivity contribution is 0.0927. The monoisotopic (exact) mass is 362 g/mol. The first-order valence-corrected chi connectivity index (χ1v) is 8.28. The number of methoxy groups -OCH3 is 1. The fourth-order valence-electron chi connectivity index (χ4n) is 2.06. The largest absolute Gasteiger partial charge is 0.378 e. The summed E-state index contributed by atoms with van der Waals surface area (Å²) in [7, 11) is 1.57. The van der Waals surface area contributed by atoms with Crippen LogP contribution in [0.5, 0.6) is 0 Å². The van der Waals surface area contributed by atoms with E-state index < -0.39 is 6.04 Å². The number of hydrogen-bond donors (Lipinski definition) is 1. The molecule has 1 aromatic carbocycles. The number of amides is 1. The summed E-state index contributed by atoms with van der Waals surface area (Å²) in [6, 6.07) is 5.24. The van der Waals surface area contributed by atoms with Gasteiger partial charge in [-0.2, -0.15) is 4.98 Å². The van der Waals surface area contributed by atoms with Crippen LogP contribution >= 0.6 is 11.3 Å². The Morgan fingerprint density at radius 1 is 1.36 bits per heavy atom. The van der Waals surface area contributed by atoms with Gasteiger partial charge in [-0.25, -0.2) is 9.37 Å². The zero-order chi connectivity index (χ0) is 17.8. The number of carbonyl (C=O) groups excluding carboxylic acids is 1. The molecule has 1 atom stereocenters. The number of nitrogens with zero attached hydrogens (tertiary/aromatic N) is 3. The summed E-state index contributed by atoms with van der Waals surface area (Å²) >= 11 is 1.35. The van der Waals surface area contributed by atoms with Gasteiger partial charge in [0, 0.05) is 18.1 Å². The molecule has 3 rings (SSSR count). The van der Waals surface area contributed by atoms with Crippen molar-refractivity contribution in [3.8, 4) is 11.4 Å². The Morgan fingerprint density at radius 2 is 2.12 bits per heavy atom. The molecule has 1 N–H and O–H groups in total. The Hall–Kier alpha value is -2.65. The minimum Gasteiger partial charge on any atom is -0.378 e. The predicted molar refractivity (Wildman–Crippen MR) is 88.4 cm³/mol. The molecule has 3 aromatic rings. The number of carbonyl (C=O) groups is 1. The Bertz CT molecular complexity index is 862. The van der Waals surface area contributed by atoms with Gasteiger partial charge in [0.25, 0.3) is 5.91 Å². The molecule has 0 aliphatic carbocycles. The van der Waals surface area contributed by atoms with Crippen molar-refractivity contribution in [2.24, 2.45) is 0 Å². The average molecular weight is 362 g/mol. The first kappa shape index (κ1) is 17.2. The molecule has 0 saturated heterocycles. The number of ether oxygens (including phenoxy) is 1. The number of nitrogens with one attached hydrogen (secondary N) is 1. The van der Waals surface area contributed by atoms with Gasteiger partial charge in [-0.3, -0.25) is 4.79 Å². The van der Waals surface area contributed by atoms with Gasteiger partial charge in [-0.1, -0.05) is 5.16 Å². The van der Waals surface area contributed by atoms with Crippen molar-refractivity contribution in [1.29, 1.82) is 0 Å². The molecule has 0 bridgehead atoms. The van der Waals surface area contributed by atoms with Crippen molar-refractivity contribution >= 4 is 17.2 Å². The van der Waals surface area contributed by atoms with Gasteiger partial charge in [0.15, 0.2) is 0 Å². The molecular weight excluding hydrogens is 347 g/mol. The van der Waals surface area contributed by atoms with Gasteiger partial charge < -0.3 is 14.6 Å². The summed E-state index contributed by atoms with van der Waals surface area (Å²) in [4.78, 5) is 20.6. The number of halogens is 1. The molecule has 0 aliphatic rings. The topological polar surface area (TPSA) is 90.1 Å². The molecule has 0 aliphatic heterocycles. The molecule has 0 radical (unpaired) electrons. The van der Waals surface area contributed by atoms with Crippen molar-refractivity contribution in [3.63, 3.8) is 0 Å². The minimum absolute atomic E-state index is 0.250. The molecule has 0 saturated carbocycles. The Kier molecular flexibility index (Phi) is 5.15. The second-order valence-corrected chi connectivity index (χ2v) is 6.16. The highest BCUT2D eigenvalue weighted by molar-refractivity contribution is 7.09. The third-order valence-electron chi connectivity index (χ3n) is 3.31. The van der Waals surface area contributed by atoms with Crippen LogP contribution in [0, 0.1) is 5.82 Å². The maximum atomic E-state index is 13.0. The maximum Gasteiger partial charge on any atom is 0.271 e. The van der Waals surface area contributed by atoms with Crippen LogP contribution < -0.4 is 5.32 Å². The van der Waals surface area contributed by atoms with Crippen molar-refractivity contribution < 1.29 is 18.4 Å². The van der Waals surface area contributed by atoms with E-state index in [1.807, 2.05) is 0 Å². The summed E-state index contributed by atoms with van der Waals surface area (Å²) in [6.07, 6.45) is 0. The van der Waals surface area contributed by atoms with Crippen molar-refractivity contribution in [1.82, 2.24) is 20.4 Å². The van der Waals surface area contributed by atoms with Crippen LogP contribution in [-0.4, -0.2) is 28.1 Å². The molecule has 1 amide bonds. The van der Waals surface area contributed by atoms with E-state index in [0.29, 0.717) is 23.7 Å². The van der Waals surface area contributed by atoms with Crippen molar-refractivity contribution in [2.45, 2.75) is 19.6 Å². The van der Waals surface area contributed by atoms with Gasteiger partial charge >= 0.3 is 0 Å². The van der Waals surface area contributed by atoms with Crippen molar-refractivity contribution in [2.75, 3.05) is 7.11 Å². The van der Waals surface area contributed by atoms with Crippen LogP contribution in [-0.2, 0) is 11.3 Å². The third kappa shape index (κ3) is 4.06. The molecular formula is C16H15FN4O3S. The van der Waals surface area contributed by atoms with Crippen LogP contribution in [0.1, 0.15) is 34.4 Å². The Balaban J connectivity index is 1.67. The normalized spacial score (nSPS) is 12.1. The van der Waals surface area contributed by atoms with Crippen LogP contribution in [0.3, 0.4) is 0 Å². The SMILES string of the molecule is COCc1nc(C(=O)NC(C)c2nc(-c3ccc(F)cc3)no2)cs1. The molecule has 25 heavy (non-hydrogen) atoms. The van der Waals surface area contributed by atoms with E-state index in [4.69, 9.17) is 9.26 Å². The molecule has 9 heteroatoms. The van der Waals surface area contributed by atoms with E-state index in [1.165, 1.54) is 23.5 Å². The van der Waals surface area contributed by atoms with Crippen LogP contribution in [0.2, 0.25) is 0 Å². The van der Waals surface area contributed by atoms with Gasteiger partial charge in [0.05, 0.1) is 6.61 Å². The van der Waals surface area contributed by atoms with E-state index in [2.05, 4.69) is 20.4 Å². The number of aromatic nitrogens is 3. The summed E-state index contributed by atoms with van der Waals surface area (Å²) in [5, 5.41) is 8.99. The number of benzene rings is 1. The fourth-order valence-corrected chi connectivity index (χ4v) is 2.81. The average Bonchev–Trinajstić information content (AvgIpc) is 3.25. The van der Waals surface area contributed by atoms with E-state index in [1.54, 1.807) is 31.5 Å². The molecule has 2 heterocycles. The van der Waals surface area contributed by atoms with Crippen LogP contribution in [0.25, 0.3) is 11.4 Å². The molecule has 2 aromatic heterocycles. The molecule has 130 valence electrons. The molecule has 0 spiro atoms. The Labute approximate surface area is 146 Å². The minimum atomic E-state index is -0.498. The molecule has 7 nitrogen and oxygen atoms in total. The highest BCUT2D eigenvalue weighted by atomic mass is 32.1.